The Morgan fingerprint density at radius 2 is 2.10 bits per heavy atom. The number of halogens is 1. The molecule has 0 radical (unpaired) electrons. The first-order valence-electron chi connectivity index (χ1n) is 6.62. The van der Waals surface area contributed by atoms with E-state index in [2.05, 4.69) is 10.1 Å². The number of carboxylic acids is 1. The Hall–Kier alpha value is -2.08. The lowest BCUT2D eigenvalue weighted by Gasteiger charge is -2.20. The molecule has 0 unspecified atom stereocenters. The van der Waals surface area contributed by atoms with Crippen molar-refractivity contribution in [3.8, 4) is 0 Å². The first-order valence-corrected chi connectivity index (χ1v) is 7.00. The maximum Gasteiger partial charge on any atom is 0.323 e. The highest BCUT2D eigenvalue weighted by molar-refractivity contribution is 6.30. The molecule has 0 spiro atoms. The van der Waals surface area contributed by atoms with Crippen LogP contribution in [0.25, 0.3) is 0 Å². The fraction of sp³-hybridized carbons (Fsp3) is 0.357. The SMILES string of the molecule is CCCc1noc(CN(CC(=O)O)c2ccc(Cl)cc2)n1. The topological polar surface area (TPSA) is 79.5 Å². The lowest BCUT2D eigenvalue weighted by Crippen LogP contribution is -2.29. The molecule has 0 fully saturated rings. The predicted molar refractivity (Wildman–Crippen MR) is 78.4 cm³/mol. The second-order valence-corrected chi connectivity index (χ2v) is 5.02. The van der Waals surface area contributed by atoms with Gasteiger partial charge in [0.15, 0.2) is 5.82 Å². The Kier molecular flexibility index (Phi) is 5.16. The number of nitrogens with zero attached hydrogens (tertiary/aromatic N) is 3. The Bertz CT molecular complexity index is 598. The molecule has 21 heavy (non-hydrogen) atoms. The van der Waals surface area contributed by atoms with E-state index in [1.54, 1.807) is 29.2 Å². The molecule has 0 amide bonds. The molecule has 1 aromatic carbocycles. The van der Waals surface area contributed by atoms with Gasteiger partial charge in [0.05, 0.1) is 6.54 Å². The van der Waals surface area contributed by atoms with Crippen LogP contribution in [0.5, 0.6) is 0 Å². The Balaban J connectivity index is 2.15. The zero-order valence-corrected chi connectivity index (χ0v) is 12.4. The molecule has 6 nitrogen and oxygen atoms in total. The molecule has 1 N–H and O–H groups in total. The van der Waals surface area contributed by atoms with E-state index in [1.165, 1.54) is 0 Å². The summed E-state index contributed by atoms with van der Waals surface area (Å²) in [5.74, 6) is 0.103. The highest BCUT2D eigenvalue weighted by Crippen LogP contribution is 2.19. The number of anilines is 1. The fourth-order valence-corrected chi connectivity index (χ4v) is 2.02. The summed E-state index contributed by atoms with van der Waals surface area (Å²) in [6.45, 7) is 2.11. The summed E-state index contributed by atoms with van der Waals surface area (Å²) in [6.07, 6.45) is 1.67. The van der Waals surface area contributed by atoms with Crippen LogP contribution < -0.4 is 4.90 Å². The number of aliphatic carboxylic acids is 1. The van der Waals surface area contributed by atoms with E-state index in [9.17, 15) is 4.79 Å². The number of carboxylic acid groups (broad SMARTS) is 1. The first-order chi connectivity index (χ1) is 10.1. The third-order valence-electron chi connectivity index (χ3n) is 2.83. The quantitative estimate of drug-likeness (QED) is 0.847. The number of rotatable bonds is 7. The number of aromatic nitrogens is 2. The van der Waals surface area contributed by atoms with Gasteiger partial charge in [0, 0.05) is 17.1 Å². The predicted octanol–water partition coefficient (Wildman–Crippen LogP) is 2.77. The molecule has 0 saturated heterocycles. The van der Waals surface area contributed by atoms with Crippen molar-refractivity contribution in [1.29, 1.82) is 0 Å². The van der Waals surface area contributed by atoms with Gasteiger partial charge in [0.2, 0.25) is 5.89 Å². The second-order valence-electron chi connectivity index (χ2n) is 4.58. The molecule has 2 rings (SSSR count). The van der Waals surface area contributed by atoms with Crippen LogP contribution in [0.2, 0.25) is 5.02 Å². The van der Waals surface area contributed by atoms with Gasteiger partial charge in [-0.1, -0.05) is 23.7 Å². The third-order valence-corrected chi connectivity index (χ3v) is 3.08. The van der Waals surface area contributed by atoms with Gasteiger partial charge < -0.3 is 14.5 Å². The minimum Gasteiger partial charge on any atom is -0.480 e. The highest BCUT2D eigenvalue weighted by Gasteiger charge is 2.15. The lowest BCUT2D eigenvalue weighted by atomic mass is 10.3. The van der Waals surface area contributed by atoms with Crippen molar-refractivity contribution in [3.63, 3.8) is 0 Å². The molecule has 0 atom stereocenters. The van der Waals surface area contributed by atoms with Gasteiger partial charge in [-0.25, -0.2) is 0 Å². The number of hydrogen-bond acceptors (Lipinski definition) is 5. The van der Waals surface area contributed by atoms with Crippen molar-refractivity contribution in [3.05, 3.63) is 41.0 Å². The van der Waals surface area contributed by atoms with Gasteiger partial charge in [0.1, 0.15) is 6.54 Å². The van der Waals surface area contributed by atoms with Crippen LogP contribution in [0.1, 0.15) is 25.1 Å². The molecule has 0 aliphatic rings. The maximum atomic E-state index is 11.0. The zero-order valence-electron chi connectivity index (χ0n) is 11.6. The standard InChI is InChI=1S/C14H16ClN3O3/c1-2-3-12-16-13(21-17-12)8-18(9-14(19)20)11-6-4-10(15)5-7-11/h4-7H,2-3,8-9H2,1H3,(H,19,20). The molecule has 0 bridgehead atoms. The largest absolute Gasteiger partial charge is 0.480 e. The van der Waals surface area contributed by atoms with Gasteiger partial charge in [0.25, 0.3) is 0 Å². The molecule has 0 saturated carbocycles. The van der Waals surface area contributed by atoms with Crippen molar-refractivity contribution < 1.29 is 14.4 Å². The monoisotopic (exact) mass is 309 g/mol. The first kappa shape index (κ1) is 15.3. The minimum absolute atomic E-state index is 0.160. The van der Waals surface area contributed by atoms with Crippen LogP contribution in [0.3, 0.4) is 0 Å². The molecule has 112 valence electrons. The van der Waals surface area contributed by atoms with Gasteiger partial charge in [-0.2, -0.15) is 4.98 Å². The summed E-state index contributed by atoms with van der Waals surface area (Å²) in [6, 6.07) is 6.94. The summed E-state index contributed by atoms with van der Waals surface area (Å²) in [4.78, 5) is 16.9. The van der Waals surface area contributed by atoms with E-state index in [0.29, 0.717) is 16.7 Å². The lowest BCUT2D eigenvalue weighted by molar-refractivity contribution is -0.135. The van der Waals surface area contributed by atoms with Gasteiger partial charge in [-0.3, -0.25) is 4.79 Å². The summed E-state index contributed by atoms with van der Waals surface area (Å²) < 4.78 is 5.15. The Labute approximate surface area is 127 Å². The van der Waals surface area contributed by atoms with Crippen LogP contribution in [0.15, 0.2) is 28.8 Å². The third kappa shape index (κ3) is 4.46. The van der Waals surface area contributed by atoms with E-state index in [0.717, 1.165) is 18.5 Å². The molecular formula is C14H16ClN3O3. The van der Waals surface area contributed by atoms with Gasteiger partial charge in [-0.05, 0) is 30.7 Å². The molecular weight excluding hydrogens is 294 g/mol. The average molecular weight is 310 g/mol. The maximum absolute atomic E-state index is 11.0. The average Bonchev–Trinajstić information content (AvgIpc) is 2.86. The Morgan fingerprint density at radius 1 is 1.38 bits per heavy atom. The van der Waals surface area contributed by atoms with Crippen molar-refractivity contribution in [2.45, 2.75) is 26.3 Å². The molecule has 2 aromatic rings. The molecule has 7 heteroatoms. The fourth-order valence-electron chi connectivity index (χ4n) is 1.90. The van der Waals surface area contributed by atoms with Crippen LogP contribution >= 0.6 is 11.6 Å². The van der Waals surface area contributed by atoms with E-state index >= 15 is 0 Å². The van der Waals surface area contributed by atoms with Crippen molar-refractivity contribution in [2.75, 3.05) is 11.4 Å². The van der Waals surface area contributed by atoms with Crippen LogP contribution in [0, 0.1) is 0 Å². The zero-order chi connectivity index (χ0) is 15.2. The van der Waals surface area contributed by atoms with E-state index in [-0.39, 0.29) is 13.1 Å². The van der Waals surface area contributed by atoms with Crippen LogP contribution in [0.4, 0.5) is 5.69 Å². The number of aryl methyl sites for hydroxylation is 1. The van der Waals surface area contributed by atoms with Gasteiger partial charge in [-0.15, -0.1) is 0 Å². The number of hydrogen-bond donors (Lipinski definition) is 1. The van der Waals surface area contributed by atoms with E-state index < -0.39 is 5.97 Å². The second kappa shape index (κ2) is 7.08. The van der Waals surface area contributed by atoms with Crippen LogP contribution in [-0.4, -0.2) is 27.8 Å². The molecule has 1 heterocycles. The molecule has 0 aliphatic heterocycles. The number of carbonyl (C=O) groups is 1. The van der Waals surface area contributed by atoms with E-state index in [4.69, 9.17) is 21.2 Å². The van der Waals surface area contributed by atoms with Crippen LogP contribution in [-0.2, 0) is 17.8 Å². The molecule has 1 aromatic heterocycles. The minimum atomic E-state index is -0.932. The number of benzene rings is 1. The summed E-state index contributed by atoms with van der Waals surface area (Å²) in [5, 5.41) is 13.5. The summed E-state index contributed by atoms with van der Waals surface area (Å²) >= 11 is 5.84. The van der Waals surface area contributed by atoms with Crippen molar-refractivity contribution in [2.24, 2.45) is 0 Å². The van der Waals surface area contributed by atoms with Crippen molar-refractivity contribution in [1.82, 2.24) is 10.1 Å². The van der Waals surface area contributed by atoms with Gasteiger partial charge >= 0.3 is 5.97 Å². The molecule has 0 aliphatic carbocycles. The Morgan fingerprint density at radius 3 is 2.71 bits per heavy atom. The van der Waals surface area contributed by atoms with Crippen molar-refractivity contribution >= 4 is 23.3 Å². The smallest absolute Gasteiger partial charge is 0.323 e. The summed E-state index contributed by atoms with van der Waals surface area (Å²) in [7, 11) is 0. The normalized spacial score (nSPS) is 10.6. The van der Waals surface area contributed by atoms with E-state index in [1.807, 2.05) is 6.92 Å². The summed E-state index contributed by atoms with van der Waals surface area (Å²) in [5.41, 5.74) is 0.733. The highest BCUT2D eigenvalue weighted by atomic mass is 35.5.